The molecule has 0 spiro atoms. The Morgan fingerprint density at radius 1 is 1.16 bits per heavy atom. The second-order valence-electron chi connectivity index (χ2n) is 5.32. The summed E-state index contributed by atoms with van der Waals surface area (Å²) in [6.07, 6.45) is 3.09. The Morgan fingerprint density at radius 2 is 1.92 bits per heavy atom. The molecule has 0 saturated carbocycles. The van der Waals surface area contributed by atoms with Crippen LogP contribution in [0.3, 0.4) is 0 Å². The van der Waals surface area contributed by atoms with Gasteiger partial charge in [0, 0.05) is 32.8 Å². The molecule has 1 aromatic heterocycles. The molecule has 1 amide bonds. The molecule has 2 aromatic carbocycles. The number of nitrogens with zero attached hydrogens (tertiary/aromatic N) is 1. The molecule has 3 rings (SSSR count). The Hall–Kier alpha value is -2.14. The van der Waals surface area contributed by atoms with Crippen LogP contribution in [0, 0.1) is 6.92 Å². The van der Waals surface area contributed by atoms with Gasteiger partial charge in [-0.25, -0.2) is 4.98 Å². The Bertz CT molecular complexity index is 933. The number of halogens is 2. The summed E-state index contributed by atoms with van der Waals surface area (Å²) >= 11 is 13.5. The van der Waals surface area contributed by atoms with Gasteiger partial charge in [0.25, 0.3) is 0 Å². The number of aryl methyl sites for hydroxylation is 1. The van der Waals surface area contributed by atoms with Gasteiger partial charge in [-0.1, -0.05) is 41.4 Å². The molecule has 0 bridgehead atoms. The van der Waals surface area contributed by atoms with Gasteiger partial charge in [0.15, 0.2) is 0 Å². The molecule has 0 saturated heterocycles. The summed E-state index contributed by atoms with van der Waals surface area (Å²) in [4.78, 5) is 16.5. The van der Waals surface area contributed by atoms with E-state index in [1.807, 2.05) is 36.6 Å². The van der Waals surface area contributed by atoms with Crippen molar-refractivity contribution < 1.29 is 4.79 Å². The van der Waals surface area contributed by atoms with Crippen molar-refractivity contribution in [3.8, 4) is 11.3 Å². The lowest BCUT2D eigenvalue weighted by Gasteiger charge is -2.04. The molecule has 0 atom stereocenters. The largest absolute Gasteiger partial charge is 0.323 e. The number of carbonyl (C=O) groups excluding carboxylic acids is 1. The van der Waals surface area contributed by atoms with Gasteiger partial charge in [0.1, 0.15) is 0 Å². The van der Waals surface area contributed by atoms with E-state index >= 15 is 0 Å². The quantitative estimate of drug-likeness (QED) is 0.550. The first-order valence-corrected chi connectivity index (χ1v) is 9.11. The van der Waals surface area contributed by atoms with Crippen molar-refractivity contribution in [2.24, 2.45) is 0 Å². The topological polar surface area (TPSA) is 42.0 Å². The van der Waals surface area contributed by atoms with Gasteiger partial charge in [-0.3, -0.25) is 4.79 Å². The fraction of sp³-hybridized carbons (Fsp3) is 0.0526. The maximum absolute atomic E-state index is 12.0. The minimum absolute atomic E-state index is 0.233. The molecule has 1 heterocycles. The van der Waals surface area contributed by atoms with Crippen molar-refractivity contribution in [1.29, 1.82) is 0 Å². The van der Waals surface area contributed by atoms with Crippen molar-refractivity contribution in [1.82, 2.24) is 4.98 Å². The van der Waals surface area contributed by atoms with E-state index in [2.05, 4.69) is 10.3 Å². The minimum Gasteiger partial charge on any atom is -0.323 e. The van der Waals surface area contributed by atoms with Crippen molar-refractivity contribution in [2.75, 3.05) is 5.32 Å². The predicted molar refractivity (Wildman–Crippen MR) is 106 cm³/mol. The fourth-order valence-corrected chi connectivity index (χ4v) is 3.30. The first-order valence-electron chi connectivity index (χ1n) is 7.48. The van der Waals surface area contributed by atoms with Crippen LogP contribution in [0.25, 0.3) is 17.3 Å². The number of hydrogen-bond acceptors (Lipinski definition) is 3. The van der Waals surface area contributed by atoms with Crippen LogP contribution in [-0.4, -0.2) is 10.9 Å². The standard InChI is InChI=1S/C19H14Cl2N2OS/c1-12-22-18(11-25-12)14-3-7-16(8-4-14)23-19(24)9-5-13-2-6-15(20)10-17(13)21/h2-11H,1H3,(H,23,24)/b9-5+. The number of aromatic nitrogens is 1. The molecular formula is C19H14Cl2N2OS. The third-order valence-corrected chi connectivity index (χ3v) is 4.78. The molecule has 0 aliphatic heterocycles. The van der Waals surface area contributed by atoms with E-state index in [0.29, 0.717) is 15.7 Å². The molecule has 0 unspecified atom stereocenters. The minimum atomic E-state index is -0.233. The van der Waals surface area contributed by atoms with Crippen LogP contribution in [0.5, 0.6) is 0 Å². The second-order valence-corrected chi connectivity index (χ2v) is 7.22. The number of nitrogens with one attached hydrogen (secondary N) is 1. The number of rotatable bonds is 4. The van der Waals surface area contributed by atoms with Crippen LogP contribution in [-0.2, 0) is 4.79 Å². The Balaban J connectivity index is 1.65. The van der Waals surface area contributed by atoms with E-state index < -0.39 is 0 Å². The summed E-state index contributed by atoms with van der Waals surface area (Å²) < 4.78 is 0. The lowest BCUT2D eigenvalue weighted by molar-refractivity contribution is -0.111. The van der Waals surface area contributed by atoms with E-state index in [0.717, 1.165) is 21.8 Å². The number of anilines is 1. The zero-order valence-electron chi connectivity index (χ0n) is 13.3. The third kappa shape index (κ3) is 4.69. The van der Waals surface area contributed by atoms with E-state index in [-0.39, 0.29) is 5.91 Å². The monoisotopic (exact) mass is 388 g/mol. The maximum atomic E-state index is 12.0. The zero-order valence-corrected chi connectivity index (χ0v) is 15.6. The highest BCUT2D eigenvalue weighted by molar-refractivity contribution is 7.09. The smallest absolute Gasteiger partial charge is 0.248 e. The Labute approximate surface area is 159 Å². The molecule has 0 aliphatic carbocycles. The first-order chi connectivity index (χ1) is 12.0. The lowest BCUT2D eigenvalue weighted by atomic mass is 10.1. The third-order valence-electron chi connectivity index (χ3n) is 3.44. The van der Waals surface area contributed by atoms with Gasteiger partial charge in [0.05, 0.1) is 10.7 Å². The summed E-state index contributed by atoms with van der Waals surface area (Å²) in [5.41, 5.74) is 3.41. The fourth-order valence-electron chi connectivity index (χ4n) is 2.21. The summed E-state index contributed by atoms with van der Waals surface area (Å²) in [5.74, 6) is -0.233. The van der Waals surface area contributed by atoms with Gasteiger partial charge in [-0.15, -0.1) is 11.3 Å². The SMILES string of the molecule is Cc1nc(-c2ccc(NC(=O)/C=C/c3ccc(Cl)cc3Cl)cc2)cs1. The number of carbonyl (C=O) groups is 1. The van der Waals surface area contributed by atoms with E-state index in [4.69, 9.17) is 23.2 Å². The summed E-state index contributed by atoms with van der Waals surface area (Å²) in [6, 6.07) is 12.7. The van der Waals surface area contributed by atoms with Crippen molar-refractivity contribution >= 4 is 52.2 Å². The molecular weight excluding hydrogens is 375 g/mol. The van der Waals surface area contributed by atoms with Crippen LogP contribution in [0.1, 0.15) is 10.6 Å². The average molecular weight is 389 g/mol. The second kappa shape index (κ2) is 7.83. The van der Waals surface area contributed by atoms with Gasteiger partial charge < -0.3 is 5.32 Å². The molecule has 126 valence electrons. The molecule has 6 heteroatoms. The van der Waals surface area contributed by atoms with E-state index in [9.17, 15) is 4.79 Å². The highest BCUT2D eigenvalue weighted by Gasteiger charge is 2.04. The Kier molecular flexibility index (Phi) is 5.53. The van der Waals surface area contributed by atoms with Crippen LogP contribution >= 0.6 is 34.5 Å². The maximum Gasteiger partial charge on any atom is 0.248 e. The normalized spacial score (nSPS) is 11.0. The van der Waals surface area contributed by atoms with Crippen LogP contribution in [0.15, 0.2) is 53.9 Å². The summed E-state index contributed by atoms with van der Waals surface area (Å²) in [6.45, 7) is 1.97. The van der Waals surface area contributed by atoms with Crippen LogP contribution in [0.4, 0.5) is 5.69 Å². The van der Waals surface area contributed by atoms with Gasteiger partial charge in [0.2, 0.25) is 5.91 Å². The molecule has 1 N–H and O–H groups in total. The van der Waals surface area contributed by atoms with Crippen molar-refractivity contribution in [2.45, 2.75) is 6.92 Å². The highest BCUT2D eigenvalue weighted by Crippen LogP contribution is 2.24. The highest BCUT2D eigenvalue weighted by atomic mass is 35.5. The number of thiazole rings is 1. The molecule has 25 heavy (non-hydrogen) atoms. The molecule has 0 radical (unpaired) electrons. The van der Waals surface area contributed by atoms with Gasteiger partial charge >= 0.3 is 0 Å². The van der Waals surface area contributed by atoms with Gasteiger partial charge in [-0.05, 0) is 42.8 Å². The molecule has 3 nitrogen and oxygen atoms in total. The van der Waals surface area contributed by atoms with E-state index in [1.165, 1.54) is 6.08 Å². The van der Waals surface area contributed by atoms with Crippen molar-refractivity contribution in [3.05, 3.63) is 74.5 Å². The summed E-state index contributed by atoms with van der Waals surface area (Å²) in [5, 5.41) is 6.91. The Morgan fingerprint density at radius 3 is 2.56 bits per heavy atom. The molecule has 0 fully saturated rings. The van der Waals surface area contributed by atoms with Gasteiger partial charge in [-0.2, -0.15) is 0 Å². The zero-order chi connectivity index (χ0) is 17.8. The summed E-state index contributed by atoms with van der Waals surface area (Å²) in [7, 11) is 0. The molecule has 0 aliphatic rings. The number of hydrogen-bond donors (Lipinski definition) is 1. The first kappa shape index (κ1) is 17.7. The number of amides is 1. The van der Waals surface area contributed by atoms with Crippen LogP contribution < -0.4 is 5.32 Å². The average Bonchev–Trinajstić information content (AvgIpc) is 3.01. The number of benzene rings is 2. The molecule has 3 aromatic rings. The van der Waals surface area contributed by atoms with E-state index in [1.54, 1.807) is 35.6 Å². The predicted octanol–water partition coefficient (Wildman–Crippen LogP) is 6.08. The lowest BCUT2D eigenvalue weighted by Crippen LogP contribution is -2.07. The van der Waals surface area contributed by atoms with Crippen molar-refractivity contribution in [3.63, 3.8) is 0 Å². The van der Waals surface area contributed by atoms with Crippen LogP contribution in [0.2, 0.25) is 10.0 Å².